The number of hydrogen-bond acceptors (Lipinski definition) is 2. The highest BCUT2D eigenvalue weighted by Gasteiger charge is 2.29. The fraction of sp³-hybridized carbons (Fsp3) is 0.400. The molecule has 0 unspecified atom stereocenters. The number of pyridine rings is 1. The van der Waals surface area contributed by atoms with Crippen molar-refractivity contribution in [1.82, 2.24) is 15.6 Å². The van der Waals surface area contributed by atoms with Crippen LogP contribution in [0.5, 0.6) is 0 Å². The van der Waals surface area contributed by atoms with Crippen LogP contribution in [0.3, 0.4) is 0 Å². The lowest BCUT2D eigenvalue weighted by atomic mass is 9.77. The van der Waals surface area contributed by atoms with Crippen LogP contribution in [0.2, 0.25) is 0 Å². The van der Waals surface area contributed by atoms with Crippen LogP contribution in [0.1, 0.15) is 47.7 Å². The van der Waals surface area contributed by atoms with E-state index >= 15 is 0 Å². The van der Waals surface area contributed by atoms with Gasteiger partial charge in [0.2, 0.25) is 0 Å². The molecule has 5 heteroatoms. The van der Waals surface area contributed by atoms with Crippen molar-refractivity contribution in [2.75, 3.05) is 0 Å². The van der Waals surface area contributed by atoms with E-state index in [1.807, 2.05) is 38.1 Å². The molecule has 1 heterocycles. The van der Waals surface area contributed by atoms with Gasteiger partial charge in [0.25, 0.3) is 5.56 Å². The second-order valence-corrected chi connectivity index (χ2v) is 6.85. The Hall–Kier alpha value is -2.56. The van der Waals surface area contributed by atoms with Gasteiger partial charge in [0, 0.05) is 11.3 Å². The first-order valence-corrected chi connectivity index (χ1v) is 8.83. The van der Waals surface area contributed by atoms with E-state index in [9.17, 15) is 9.59 Å². The predicted molar refractivity (Wildman–Crippen MR) is 98.4 cm³/mol. The zero-order valence-corrected chi connectivity index (χ0v) is 14.8. The first-order chi connectivity index (χ1) is 12.0. The highest BCUT2D eigenvalue weighted by atomic mass is 16.2. The number of urea groups is 1. The molecule has 0 radical (unpaired) electrons. The first kappa shape index (κ1) is 17.3. The average molecular weight is 339 g/mol. The van der Waals surface area contributed by atoms with Gasteiger partial charge >= 0.3 is 6.03 Å². The fourth-order valence-electron chi connectivity index (χ4n) is 3.37. The Balaban J connectivity index is 1.66. The van der Waals surface area contributed by atoms with Gasteiger partial charge in [-0.3, -0.25) is 4.79 Å². The number of aryl methyl sites for hydroxylation is 2. The number of aromatic nitrogens is 1. The molecule has 3 rings (SSSR count). The van der Waals surface area contributed by atoms with Crippen molar-refractivity contribution in [2.24, 2.45) is 5.92 Å². The van der Waals surface area contributed by atoms with Crippen molar-refractivity contribution in [3.8, 4) is 0 Å². The molecule has 0 saturated heterocycles. The molecule has 2 amide bonds. The monoisotopic (exact) mass is 339 g/mol. The molecule has 1 aromatic heterocycles. The Labute approximate surface area is 147 Å². The molecule has 132 valence electrons. The van der Waals surface area contributed by atoms with Crippen LogP contribution in [0.4, 0.5) is 4.79 Å². The summed E-state index contributed by atoms with van der Waals surface area (Å²) in [6.45, 7) is 3.96. The van der Waals surface area contributed by atoms with Crippen LogP contribution in [0.25, 0.3) is 0 Å². The maximum absolute atomic E-state index is 12.4. The Kier molecular flexibility index (Phi) is 5.22. The number of aromatic amines is 1. The van der Waals surface area contributed by atoms with Gasteiger partial charge in [-0.05, 0) is 49.8 Å². The lowest BCUT2D eigenvalue weighted by Gasteiger charge is -2.34. The Morgan fingerprint density at radius 2 is 1.96 bits per heavy atom. The minimum atomic E-state index is -0.236. The van der Waals surface area contributed by atoms with Gasteiger partial charge in [-0.25, -0.2) is 4.79 Å². The zero-order valence-electron chi connectivity index (χ0n) is 14.8. The molecule has 0 spiro atoms. The Morgan fingerprint density at radius 3 is 2.56 bits per heavy atom. The number of rotatable bonds is 5. The number of amides is 2. The molecule has 1 fully saturated rings. The van der Waals surface area contributed by atoms with Crippen molar-refractivity contribution < 1.29 is 4.79 Å². The van der Waals surface area contributed by atoms with Gasteiger partial charge < -0.3 is 15.6 Å². The number of hydrogen-bond donors (Lipinski definition) is 3. The molecule has 1 saturated carbocycles. The normalized spacial score (nSPS) is 15.3. The molecule has 0 aliphatic heterocycles. The minimum absolute atomic E-state index is 0.0207. The van der Waals surface area contributed by atoms with Crippen LogP contribution < -0.4 is 16.2 Å². The molecular weight excluding hydrogens is 314 g/mol. The summed E-state index contributed by atoms with van der Waals surface area (Å²) in [5, 5.41) is 5.93. The van der Waals surface area contributed by atoms with Crippen molar-refractivity contribution in [3.05, 3.63) is 69.1 Å². The van der Waals surface area contributed by atoms with E-state index in [2.05, 4.69) is 27.8 Å². The van der Waals surface area contributed by atoms with Crippen LogP contribution in [-0.2, 0) is 6.54 Å². The largest absolute Gasteiger partial charge is 0.334 e. The minimum Gasteiger partial charge on any atom is -0.334 e. The van der Waals surface area contributed by atoms with Crippen LogP contribution in [0.15, 0.2) is 41.2 Å². The van der Waals surface area contributed by atoms with E-state index in [1.54, 1.807) is 0 Å². The number of carbonyl (C=O) groups excluding carboxylic acids is 1. The van der Waals surface area contributed by atoms with Crippen LogP contribution in [0, 0.1) is 19.8 Å². The molecule has 25 heavy (non-hydrogen) atoms. The molecule has 2 aromatic rings. The SMILES string of the molecule is Cc1cc(C)c(CNC(=O)N[C@H](c2ccccc2)C2CCC2)c(=O)[nH]1. The maximum atomic E-state index is 12.4. The molecule has 1 aromatic carbocycles. The van der Waals surface area contributed by atoms with Crippen molar-refractivity contribution in [2.45, 2.75) is 45.7 Å². The van der Waals surface area contributed by atoms with Crippen molar-refractivity contribution in [1.29, 1.82) is 0 Å². The van der Waals surface area contributed by atoms with E-state index in [0.29, 0.717) is 11.5 Å². The summed E-state index contributed by atoms with van der Waals surface area (Å²) in [7, 11) is 0. The number of carbonyl (C=O) groups is 1. The fourth-order valence-corrected chi connectivity index (χ4v) is 3.37. The molecule has 1 aliphatic carbocycles. The summed E-state index contributed by atoms with van der Waals surface area (Å²) in [4.78, 5) is 27.2. The maximum Gasteiger partial charge on any atom is 0.315 e. The summed E-state index contributed by atoms with van der Waals surface area (Å²) in [5.41, 5.74) is 3.30. The quantitative estimate of drug-likeness (QED) is 0.782. The van der Waals surface area contributed by atoms with Gasteiger partial charge in [-0.1, -0.05) is 36.8 Å². The molecule has 1 atom stereocenters. The van der Waals surface area contributed by atoms with E-state index in [-0.39, 0.29) is 24.2 Å². The summed E-state index contributed by atoms with van der Waals surface area (Å²) in [6, 6.07) is 11.8. The van der Waals surface area contributed by atoms with Crippen molar-refractivity contribution in [3.63, 3.8) is 0 Å². The first-order valence-electron chi connectivity index (χ1n) is 8.83. The highest BCUT2D eigenvalue weighted by Crippen LogP contribution is 2.37. The zero-order chi connectivity index (χ0) is 17.8. The lowest BCUT2D eigenvalue weighted by Crippen LogP contribution is -2.42. The topological polar surface area (TPSA) is 74.0 Å². The third-order valence-corrected chi connectivity index (χ3v) is 4.99. The number of H-pyrrole nitrogens is 1. The molecule has 3 N–H and O–H groups in total. The van der Waals surface area contributed by atoms with E-state index in [4.69, 9.17) is 0 Å². The third kappa shape index (κ3) is 4.10. The Morgan fingerprint density at radius 1 is 1.24 bits per heavy atom. The molecule has 0 bridgehead atoms. The van der Waals surface area contributed by atoms with Gasteiger partial charge in [0.05, 0.1) is 12.6 Å². The standard InChI is InChI=1S/C20H25N3O2/c1-13-11-14(2)22-19(24)17(13)12-21-20(25)23-18(16-9-6-10-16)15-7-4-3-5-8-15/h3-5,7-8,11,16,18H,6,9-10,12H2,1-2H3,(H,22,24)(H2,21,23,25)/t18-/m1/s1. The van der Waals surface area contributed by atoms with Gasteiger partial charge in [0.1, 0.15) is 0 Å². The average Bonchev–Trinajstić information content (AvgIpc) is 2.52. The van der Waals surface area contributed by atoms with Crippen LogP contribution >= 0.6 is 0 Å². The predicted octanol–water partition coefficient (Wildman–Crippen LogP) is 3.33. The van der Waals surface area contributed by atoms with Gasteiger partial charge in [-0.2, -0.15) is 0 Å². The number of benzene rings is 1. The van der Waals surface area contributed by atoms with Gasteiger partial charge in [-0.15, -0.1) is 0 Å². The summed E-state index contributed by atoms with van der Waals surface area (Å²) < 4.78 is 0. The summed E-state index contributed by atoms with van der Waals surface area (Å²) in [6.07, 6.45) is 3.49. The molecule has 5 nitrogen and oxygen atoms in total. The van der Waals surface area contributed by atoms with E-state index < -0.39 is 0 Å². The highest BCUT2D eigenvalue weighted by molar-refractivity contribution is 5.74. The van der Waals surface area contributed by atoms with E-state index in [1.165, 1.54) is 6.42 Å². The molecule has 1 aliphatic rings. The number of nitrogens with one attached hydrogen (secondary N) is 3. The smallest absolute Gasteiger partial charge is 0.315 e. The Bertz CT molecular complexity index is 794. The summed E-state index contributed by atoms with van der Waals surface area (Å²) in [5.74, 6) is 0.484. The summed E-state index contributed by atoms with van der Waals surface area (Å²) >= 11 is 0. The van der Waals surface area contributed by atoms with E-state index in [0.717, 1.165) is 29.7 Å². The van der Waals surface area contributed by atoms with Crippen molar-refractivity contribution >= 4 is 6.03 Å². The second kappa shape index (κ2) is 7.55. The molecular formula is C20H25N3O2. The third-order valence-electron chi connectivity index (χ3n) is 4.99. The second-order valence-electron chi connectivity index (χ2n) is 6.85. The van der Waals surface area contributed by atoms with Gasteiger partial charge in [0.15, 0.2) is 0 Å². The van der Waals surface area contributed by atoms with Crippen LogP contribution in [-0.4, -0.2) is 11.0 Å². The lowest BCUT2D eigenvalue weighted by molar-refractivity contribution is 0.207.